The lowest BCUT2D eigenvalue weighted by Gasteiger charge is -2.32. The highest BCUT2D eigenvalue weighted by atomic mass is 19.1. The van der Waals surface area contributed by atoms with Crippen LogP contribution in [-0.4, -0.2) is 18.3 Å². The van der Waals surface area contributed by atoms with Crippen LogP contribution in [0.3, 0.4) is 0 Å². The van der Waals surface area contributed by atoms with Crippen molar-refractivity contribution in [2.75, 3.05) is 0 Å². The normalized spacial score (nSPS) is 18.2. The van der Waals surface area contributed by atoms with Gasteiger partial charge in [0.25, 0.3) is 0 Å². The van der Waals surface area contributed by atoms with Crippen molar-refractivity contribution in [3.63, 3.8) is 0 Å². The quantitative estimate of drug-likeness (QED) is 0.767. The molecule has 3 nitrogen and oxygen atoms in total. The Morgan fingerprint density at radius 3 is 2.19 bits per heavy atom. The van der Waals surface area contributed by atoms with Crippen molar-refractivity contribution in [2.24, 2.45) is 0 Å². The van der Waals surface area contributed by atoms with E-state index in [1.54, 1.807) is 25.1 Å². The minimum absolute atomic E-state index is 0.0575. The van der Waals surface area contributed by atoms with Gasteiger partial charge in [0.15, 0.2) is 0 Å². The third kappa shape index (κ3) is 3.62. The van der Waals surface area contributed by atoms with Crippen LogP contribution < -0.4 is 10.2 Å². The summed E-state index contributed by atoms with van der Waals surface area (Å²) >= 11 is 0. The zero-order valence-electron chi connectivity index (χ0n) is 15.7. The van der Waals surface area contributed by atoms with Gasteiger partial charge in [0.1, 0.15) is 24.0 Å². The molecule has 1 saturated heterocycles. The average Bonchev–Trinajstić information content (AvgIpc) is 2.75. The monoisotopic (exact) mass is 360 g/mol. The van der Waals surface area contributed by atoms with E-state index in [0.29, 0.717) is 22.3 Å². The molecule has 6 heteroatoms. The van der Waals surface area contributed by atoms with Crippen LogP contribution in [0.15, 0.2) is 36.4 Å². The summed E-state index contributed by atoms with van der Waals surface area (Å²) in [4.78, 5) is 0. The van der Waals surface area contributed by atoms with E-state index in [-0.39, 0.29) is 12.4 Å². The van der Waals surface area contributed by atoms with E-state index < -0.39 is 24.1 Å². The molecule has 138 valence electrons. The minimum atomic E-state index is -0.608. The van der Waals surface area contributed by atoms with Crippen LogP contribution in [-0.2, 0) is 15.9 Å². The highest BCUT2D eigenvalue weighted by Gasteiger charge is 2.51. The number of hydrogen-bond donors (Lipinski definition) is 0. The van der Waals surface area contributed by atoms with Crippen molar-refractivity contribution in [1.82, 2.24) is 0 Å². The summed E-state index contributed by atoms with van der Waals surface area (Å²) in [6.45, 7) is 9.62. The first-order chi connectivity index (χ1) is 12.1. The van der Waals surface area contributed by atoms with Gasteiger partial charge in [-0.2, -0.15) is 0 Å². The molecule has 0 radical (unpaired) electrons. The molecule has 0 atom stereocenters. The third-order valence-corrected chi connectivity index (χ3v) is 5.12. The maximum absolute atomic E-state index is 14.5. The molecule has 26 heavy (non-hydrogen) atoms. The Bertz CT molecular complexity index is 805. The van der Waals surface area contributed by atoms with Gasteiger partial charge in [0.05, 0.1) is 11.2 Å². The molecule has 1 aliphatic rings. The second-order valence-corrected chi connectivity index (χ2v) is 7.64. The first-order valence-electron chi connectivity index (χ1n) is 8.62. The molecule has 1 fully saturated rings. The van der Waals surface area contributed by atoms with Crippen LogP contribution in [0.1, 0.15) is 38.8 Å². The van der Waals surface area contributed by atoms with Gasteiger partial charge in [-0.1, -0.05) is 12.1 Å². The van der Waals surface area contributed by atoms with Gasteiger partial charge in [0.2, 0.25) is 0 Å². The fourth-order valence-corrected chi connectivity index (χ4v) is 2.74. The molecule has 0 bridgehead atoms. The van der Waals surface area contributed by atoms with Crippen molar-refractivity contribution in [3.05, 3.63) is 59.2 Å². The topological polar surface area (TPSA) is 27.7 Å². The average molecular weight is 360 g/mol. The van der Waals surface area contributed by atoms with Crippen molar-refractivity contribution < 1.29 is 22.8 Å². The van der Waals surface area contributed by atoms with Gasteiger partial charge >= 0.3 is 7.12 Å². The maximum Gasteiger partial charge on any atom is 0.494 e. The third-order valence-electron chi connectivity index (χ3n) is 5.12. The predicted octanol–water partition coefficient (Wildman–Crippen LogP) is 4.15. The standard InChI is InChI=1S/C20H23BF2O3/c1-13-10-16(22)8-9-18(13)24-12-14-6-7-15(11-17(14)23)21-25-19(2,3)20(4,5)26-21/h6-11H,12H2,1-5H3. The molecule has 0 aliphatic carbocycles. The Morgan fingerprint density at radius 1 is 0.962 bits per heavy atom. The SMILES string of the molecule is Cc1cc(F)ccc1OCc1ccc(B2OC(C)(C)C(C)(C)O2)cc1F. The van der Waals surface area contributed by atoms with E-state index in [9.17, 15) is 8.78 Å². The molecule has 1 aliphatic heterocycles. The fourth-order valence-electron chi connectivity index (χ4n) is 2.74. The summed E-state index contributed by atoms with van der Waals surface area (Å²) in [5.41, 5.74) is 0.752. The largest absolute Gasteiger partial charge is 0.494 e. The van der Waals surface area contributed by atoms with Crippen LogP contribution in [0, 0.1) is 18.6 Å². The molecule has 0 N–H and O–H groups in total. The van der Waals surface area contributed by atoms with Crippen molar-refractivity contribution in [2.45, 2.75) is 52.4 Å². The fraction of sp³-hybridized carbons (Fsp3) is 0.400. The summed E-state index contributed by atoms with van der Waals surface area (Å²) < 4.78 is 45.2. The molecule has 0 amide bonds. The second-order valence-electron chi connectivity index (χ2n) is 7.64. The molecule has 1 heterocycles. The minimum Gasteiger partial charge on any atom is -0.489 e. The Kier molecular flexibility index (Phi) is 4.84. The molecule has 2 aromatic rings. The van der Waals surface area contributed by atoms with E-state index >= 15 is 0 Å². The Hall–Kier alpha value is -1.92. The first-order valence-corrected chi connectivity index (χ1v) is 8.62. The van der Waals surface area contributed by atoms with E-state index in [4.69, 9.17) is 14.0 Å². The Balaban J connectivity index is 1.72. The number of halogens is 2. The molecule has 0 aromatic heterocycles. The van der Waals surface area contributed by atoms with Crippen LogP contribution in [0.2, 0.25) is 0 Å². The van der Waals surface area contributed by atoms with Crippen LogP contribution in [0.4, 0.5) is 8.78 Å². The Labute approximate surface area is 153 Å². The lowest BCUT2D eigenvalue weighted by atomic mass is 9.79. The molecule has 0 unspecified atom stereocenters. The van der Waals surface area contributed by atoms with Gasteiger partial charge in [-0.05, 0) is 69.9 Å². The summed E-state index contributed by atoms with van der Waals surface area (Å²) in [6.07, 6.45) is 0. The molecule has 0 spiro atoms. The summed E-state index contributed by atoms with van der Waals surface area (Å²) in [5, 5.41) is 0. The number of rotatable bonds is 4. The van der Waals surface area contributed by atoms with Crippen LogP contribution in [0.5, 0.6) is 5.75 Å². The van der Waals surface area contributed by atoms with Crippen LogP contribution >= 0.6 is 0 Å². The molecule has 0 saturated carbocycles. The highest BCUT2D eigenvalue weighted by molar-refractivity contribution is 6.62. The van der Waals surface area contributed by atoms with Crippen LogP contribution in [0.25, 0.3) is 0 Å². The van der Waals surface area contributed by atoms with Crippen molar-refractivity contribution in [3.8, 4) is 5.75 Å². The second kappa shape index (κ2) is 6.67. The summed E-state index contributed by atoms with van der Waals surface area (Å²) in [7, 11) is -0.608. The maximum atomic E-state index is 14.5. The number of ether oxygens (including phenoxy) is 1. The van der Waals surface area contributed by atoms with E-state index in [2.05, 4.69) is 0 Å². The Morgan fingerprint density at radius 2 is 1.62 bits per heavy atom. The number of benzene rings is 2. The van der Waals surface area contributed by atoms with Gasteiger partial charge in [-0.15, -0.1) is 0 Å². The smallest absolute Gasteiger partial charge is 0.489 e. The summed E-state index contributed by atoms with van der Waals surface area (Å²) in [5.74, 6) is -0.189. The number of hydrogen-bond acceptors (Lipinski definition) is 3. The number of aryl methyl sites for hydroxylation is 1. The van der Waals surface area contributed by atoms with E-state index in [1.807, 2.05) is 27.7 Å². The summed E-state index contributed by atoms with van der Waals surface area (Å²) in [6, 6.07) is 9.10. The van der Waals surface area contributed by atoms with Crippen molar-refractivity contribution >= 4 is 12.6 Å². The van der Waals surface area contributed by atoms with E-state index in [0.717, 1.165) is 0 Å². The zero-order valence-corrected chi connectivity index (χ0v) is 15.7. The lowest BCUT2D eigenvalue weighted by Crippen LogP contribution is -2.41. The zero-order chi connectivity index (χ0) is 19.1. The van der Waals surface area contributed by atoms with Gasteiger partial charge in [-0.25, -0.2) is 8.78 Å². The lowest BCUT2D eigenvalue weighted by molar-refractivity contribution is 0.00578. The highest BCUT2D eigenvalue weighted by Crippen LogP contribution is 2.36. The van der Waals surface area contributed by atoms with Gasteiger partial charge < -0.3 is 14.0 Å². The predicted molar refractivity (Wildman–Crippen MR) is 97.6 cm³/mol. The molecule has 3 rings (SSSR count). The molecular weight excluding hydrogens is 337 g/mol. The van der Waals surface area contributed by atoms with E-state index in [1.165, 1.54) is 18.2 Å². The first kappa shape index (κ1) is 18.9. The van der Waals surface area contributed by atoms with Crippen molar-refractivity contribution in [1.29, 1.82) is 0 Å². The molecule has 2 aromatic carbocycles. The molecular formula is C20H23BF2O3. The van der Waals surface area contributed by atoms with Gasteiger partial charge in [-0.3, -0.25) is 0 Å². The van der Waals surface area contributed by atoms with Gasteiger partial charge in [0, 0.05) is 5.56 Å².